The van der Waals surface area contributed by atoms with Gasteiger partial charge in [0.05, 0.1) is 4.90 Å². The number of aryl methyl sites for hydroxylation is 1. The van der Waals surface area contributed by atoms with Crippen LogP contribution in [0.1, 0.15) is 31.0 Å². The molecule has 0 amide bonds. The zero-order valence-corrected chi connectivity index (χ0v) is 16.1. The average Bonchev–Trinajstić information content (AvgIpc) is 2.94. The Labute approximate surface area is 151 Å². The first-order valence-corrected chi connectivity index (χ1v) is 10.5. The second kappa shape index (κ2) is 6.34. The summed E-state index contributed by atoms with van der Waals surface area (Å²) in [5.74, 6) is 0.689. The molecule has 0 aliphatic heterocycles. The second-order valence-corrected chi connectivity index (χ2v) is 8.80. The van der Waals surface area contributed by atoms with Crippen LogP contribution >= 0.6 is 11.8 Å². The van der Waals surface area contributed by atoms with Crippen LogP contribution in [-0.2, 0) is 9.84 Å². The predicted molar refractivity (Wildman–Crippen MR) is 99.9 cm³/mol. The molecule has 3 aromatic rings. The maximum atomic E-state index is 13.2. The molecule has 0 fully saturated rings. The molecule has 0 radical (unpaired) electrons. The standard InChI is InChI=1S/C17H20N4O2S2/c1-10(2)12-5-7-13(8-6-12)25(22,23)15-16-19-11(3)9-14(18)21(16)20-17(15)24-4/h5-10H,18H2,1-4H3. The van der Waals surface area contributed by atoms with E-state index in [1.54, 1.807) is 31.4 Å². The molecule has 0 aliphatic carbocycles. The fraction of sp³-hybridized carbons (Fsp3) is 0.294. The summed E-state index contributed by atoms with van der Waals surface area (Å²) in [6, 6.07) is 8.62. The van der Waals surface area contributed by atoms with E-state index < -0.39 is 9.84 Å². The zero-order valence-electron chi connectivity index (χ0n) is 14.5. The Hall–Kier alpha value is -2.06. The van der Waals surface area contributed by atoms with Crippen LogP contribution in [0.3, 0.4) is 0 Å². The molecular formula is C17H20N4O2S2. The minimum Gasteiger partial charge on any atom is -0.384 e. The molecule has 0 saturated carbocycles. The molecule has 1 aromatic carbocycles. The summed E-state index contributed by atoms with van der Waals surface area (Å²) in [7, 11) is -3.76. The van der Waals surface area contributed by atoms with E-state index in [0.717, 1.165) is 5.56 Å². The quantitative estimate of drug-likeness (QED) is 0.703. The summed E-state index contributed by atoms with van der Waals surface area (Å²) >= 11 is 1.26. The van der Waals surface area contributed by atoms with Crippen molar-refractivity contribution in [2.24, 2.45) is 0 Å². The monoisotopic (exact) mass is 376 g/mol. The first-order valence-electron chi connectivity index (χ1n) is 7.80. The van der Waals surface area contributed by atoms with Crippen LogP contribution in [-0.4, -0.2) is 29.3 Å². The number of sulfone groups is 1. The van der Waals surface area contributed by atoms with Gasteiger partial charge < -0.3 is 5.73 Å². The van der Waals surface area contributed by atoms with E-state index in [0.29, 0.717) is 22.5 Å². The minimum absolute atomic E-state index is 0.104. The lowest BCUT2D eigenvalue weighted by Crippen LogP contribution is -2.06. The van der Waals surface area contributed by atoms with Gasteiger partial charge in [0.1, 0.15) is 10.8 Å². The van der Waals surface area contributed by atoms with Crippen molar-refractivity contribution >= 4 is 33.1 Å². The highest BCUT2D eigenvalue weighted by molar-refractivity contribution is 7.99. The van der Waals surface area contributed by atoms with Gasteiger partial charge in [-0.25, -0.2) is 13.4 Å². The number of hydrogen-bond acceptors (Lipinski definition) is 6. The Kier molecular flexibility index (Phi) is 4.51. The van der Waals surface area contributed by atoms with E-state index in [9.17, 15) is 8.42 Å². The van der Waals surface area contributed by atoms with Gasteiger partial charge in [-0.15, -0.1) is 11.8 Å². The van der Waals surface area contributed by atoms with E-state index >= 15 is 0 Å². The molecule has 132 valence electrons. The summed E-state index contributed by atoms with van der Waals surface area (Å²) in [4.78, 5) is 4.70. The zero-order chi connectivity index (χ0) is 18.4. The highest BCUT2D eigenvalue weighted by atomic mass is 32.2. The van der Waals surface area contributed by atoms with Crippen molar-refractivity contribution in [1.82, 2.24) is 14.6 Å². The van der Waals surface area contributed by atoms with Crippen molar-refractivity contribution in [1.29, 1.82) is 0 Å². The number of benzene rings is 1. The first-order chi connectivity index (χ1) is 11.8. The van der Waals surface area contributed by atoms with Gasteiger partial charge in [0.25, 0.3) is 0 Å². The number of nitrogens with two attached hydrogens (primary N) is 1. The van der Waals surface area contributed by atoms with E-state index in [2.05, 4.69) is 23.9 Å². The molecule has 0 spiro atoms. The second-order valence-electron chi connectivity index (χ2n) is 6.12. The Bertz CT molecular complexity index is 1040. The van der Waals surface area contributed by atoms with Gasteiger partial charge in [-0.05, 0) is 36.8 Å². The predicted octanol–water partition coefficient (Wildman–Crippen LogP) is 3.30. The van der Waals surface area contributed by atoms with Crippen molar-refractivity contribution in [3.63, 3.8) is 0 Å². The van der Waals surface area contributed by atoms with Crippen molar-refractivity contribution < 1.29 is 8.42 Å². The Balaban J connectivity index is 2.26. The third-order valence-corrected chi connectivity index (χ3v) is 6.60. The summed E-state index contributed by atoms with van der Waals surface area (Å²) in [6.45, 7) is 5.90. The number of nitrogen functional groups attached to an aromatic ring is 1. The van der Waals surface area contributed by atoms with Gasteiger partial charge in [0.15, 0.2) is 10.5 Å². The minimum atomic E-state index is -3.76. The lowest BCUT2D eigenvalue weighted by Gasteiger charge is -2.08. The van der Waals surface area contributed by atoms with Crippen LogP contribution in [0.4, 0.5) is 5.82 Å². The Morgan fingerprint density at radius 1 is 1.20 bits per heavy atom. The smallest absolute Gasteiger partial charge is 0.213 e. The molecule has 25 heavy (non-hydrogen) atoms. The van der Waals surface area contributed by atoms with Crippen molar-refractivity contribution in [2.75, 3.05) is 12.0 Å². The highest BCUT2D eigenvalue weighted by Gasteiger charge is 2.29. The molecule has 0 unspecified atom stereocenters. The SMILES string of the molecule is CSc1nn2c(N)cc(C)nc2c1S(=O)(=O)c1ccc(C(C)C)cc1. The number of hydrogen-bond donors (Lipinski definition) is 1. The third-order valence-electron chi connectivity index (χ3n) is 3.99. The normalized spacial score (nSPS) is 12.2. The van der Waals surface area contributed by atoms with Gasteiger partial charge in [0.2, 0.25) is 9.84 Å². The molecule has 2 aromatic heterocycles. The van der Waals surface area contributed by atoms with Crippen molar-refractivity contribution in [3.05, 3.63) is 41.6 Å². The van der Waals surface area contributed by atoms with Crippen LogP contribution in [0, 0.1) is 6.92 Å². The number of aromatic nitrogens is 3. The van der Waals surface area contributed by atoms with E-state index in [-0.39, 0.29) is 15.4 Å². The summed E-state index contributed by atoms with van der Waals surface area (Å²) in [5.41, 5.74) is 7.97. The van der Waals surface area contributed by atoms with Gasteiger partial charge in [0, 0.05) is 11.8 Å². The number of thioether (sulfide) groups is 1. The number of anilines is 1. The van der Waals surface area contributed by atoms with E-state index in [1.807, 2.05) is 12.1 Å². The number of nitrogens with zero attached hydrogens (tertiary/aromatic N) is 3. The highest BCUT2D eigenvalue weighted by Crippen LogP contribution is 2.33. The maximum absolute atomic E-state index is 13.2. The first kappa shape index (κ1) is 17.8. The average molecular weight is 377 g/mol. The fourth-order valence-corrected chi connectivity index (χ4v) is 5.04. The molecule has 0 aliphatic rings. The van der Waals surface area contributed by atoms with Crippen LogP contribution in [0.5, 0.6) is 0 Å². The molecular weight excluding hydrogens is 356 g/mol. The van der Waals surface area contributed by atoms with Crippen LogP contribution < -0.4 is 5.73 Å². The third kappa shape index (κ3) is 3.00. The largest absolute Gasteiger partial charge is 0.384 e. The summed E-state index contributed by atoms with van der Waals surface area (Å²) in [6.07, 6.45) is 1.78. The topological polar surface area (TPSA) is 90.3 Å². The number of fused-ring (bicyclic) bond motifs is 1. The Morgan fingerprint density at radius 2 is 1.84 bits per heavy atom. The molecule has 3 rings (SSSR count). The molecule has 0 bridgehead atoms. The summed E-state index contributed by atoms with van der Waals surface area (Å²) < 4.78 is 27.9. The molecule has 8 heteroatoms. The molecule has 2 N–H and O–H groups in total. The van der Waals surface area contributed by atoms with Crippen molar-refractivity contribution in [3.8, 4) is 0 Å². The Morgan fingerprint density at radius 3 is 2.40 bits per heavy atom. The van der Waals surface area contributed by atoms with Crippen LogP contribution in [0.25, 0.3) is 5.65 Å². The van der Waals surface area contributed by atoms with Gasteiger partial charge in [-0.3, -0.25) is 0 Å². The molecule has 2 heterocycles. The van der Waals surface area contributed by atoms with E-state index in [1.165, 1.54) is 16.3 Å². The molecule has 0 saturated heterocycles. The van der Waals surface area contributed by atoms with E-state index in [4.69, 9.17) is 5.73 Å². The van der Waals surface area contributed by atoms with Gasteiger partial charge >= 0.3 is 0 Å². The lowest BCUT2D eigenvalue weighted by atomic mass is 10.0. The molecule has 0 atom stereocenters. The lowest BCUT2D eigenvalue weighted by molar-refractivity contribution is 0.594. The summed E-state index contributed by atoms with van der Waals surface area (Å²) in [5, 5.41) is 4.71. The van der Waals surface area contributed by atoms with Gasteiger partial charge in [-0.1, -0.05) is 26.0 Å². The van der Waals surface area contributed by atoms with Gasteiger partial charge in [-0.2, -0.15) is 9.61 Å². The van der Waals surface area contributed by atoms with Crippen LogP contribution in [0.15, 0.2) is 45.1 Å². The van der Waals surface area contributed by atoms with Crippen molar-refractivity contribution in [2.45, 2.75) is 41.5 Å². The van der Waals surface area contributed by atoms with Crippen LogP contribution in [0.2, 0.25) is 0 Å². The number of rotatable bonds is 4. The maximum Gasteiger partial charge on any atom is 0.213 e. The fourth-order valence-electron chi connectivity index (χ4n) is 2.65. The molecule has 6 nitrogen and oxygen atoms in total.